The number of amides is 2. The van der Waals surface area contributed by atoms with Gasteiger partial charge >= 0.3 is 12.2 Å². The third kappa shape index (κ3) is 4.71. The SMILES string of the molecule is CCOC(=O)NNC1=C(C=O)N(O)c2cc(-n3ccnc3)ccc2N1NNC(=O)OCC. The maximum absolute atomic E-state index is 11.8. The molecule has 5 N–H and O–H groups in total. The van der Waals surface area contributed by atoms with Crippen LogP contribution in [0.3, 0.4) is 0 Å². The van der Waals surface area contributed by atoms with E-state index in [1.54, 1.807) is 55.3 Å². The number of hydroxylamine groups is 1. The van der Waals surface area contributed by atoms with Crippen molar-refractivity contribution in [3.63, 3.8) is 0 Å². The zero-order valence-electron chi connectivity index (χ0n) is 17.2. The van der Waals surface area contributed by atoms with E-state index in [4.69, 9.17) is 9.47 Å². The highest BCUT2D eigenvalue weighted by molar-refractivity contribution is 5.89. The first-order valence-corrected chi connectivity index (χ1v) is 9.48. The number of imidazole rings is 1. The fraction of sp³-hybridized carbons (Fsp3) is 0.222. The molecule has 0 atom stereocenters. The molecule has 1 aromatic carbocycles. The molecular weight excluding hydrogens is 424 g/mol. The molecule has 0 fully saturated rings. The normalized spacial score (nSPS) is 12.7. The predicted octanol–water partition coefficient (Wildman–Crippen LogP) is 0.672. The van der Waals surface area contributed by atoms with Crippen molar-refractivity contribution < 1.29 is 29.1 Å². The summed E-state index contributed by atoms with van der Waals surface area (Å²) in [4.78, 5) is 39.3. The molecule has 0 radical (unpaired) electrons. The molecule has 1 aliphatic rings. The number of allylic oxidation sites excluding steroid dienone is 1. The number of carbonyl (C=O) groups is 3. The second kappa shape index (κ2) is 10.1. The van der Waals surface area contributed by atoms with E-state index in [1.807, 2.05) is 0 Å². The van der Waals surface area contributed by atoms with Gasteiger partial charge in [0.15, 0.2) is 17.8 Å². The lowest BCUT2D eigenvalue weighted by Gasteiger charge is -2.37. The Hall–Kier alpha value is -4.30. The summed E-state index contributed by atoms with van der Waals surface area (Å²) in [5.74, 6) is -0.116. The van der Waals surface area contributed by atoms with Crippen molar-refractivity contribution in [2.75, 3.05) is 23.3 Å². The molecule has 14 heteroatoms. The number of fused-ring (bicyclic) bond motifs is 1. The zero-order chi connectivity index (χ0) is 23.1. The summed E-state index contributed by atoms with van der Waals surface area (Å²) < 4.78 is 11.3. The van der Waals surface area contributed by atoms with Crippen LogP contribution in [0.1, 0.15) is 13.8 Å². The molecule has 0 spiro atoms. The summed E-state index contributed by atoms with van der Waals surface area (Å²) in [6.07, 6.45) is 3.61. The van der Waals surface area contributed by atoms with Gasteiger partial charge in [0.2, 0.25) is 0 Å². The first kappa shape index (κ1) is 22.4. The van der Waals surface area contributed by atoms with Crippen LogP contribution in [0.4, 0.5) is 21.0 Å². The number of aromatic nitrogens is 2. The third-order valence-corrected chi connectivity index (χ3v) is 4.14. The van der Waals surface area contributed by atoms with Gasteiger partial charge in [0.1, 0.15) is 0 Å². The number of hydrazine groups is 3. The molecule has 170 valence electrons. The monoisotopic (exact) mass is 446 g/mol. The van der Waals surface area contributed by atoms with Gasteiger partial charge in [-0.3, -0.25) is 15.4 Å². The number of carbonyl (C=O) groups excluding carboxylic acids is 3. The maximum Gasteiger partial charge on any atom is 0.425 e. The molecule has 2 aromatic rings. The van der Waals surface area contributed by atoms with E-state index in [1.165, 1.54) is 5.01 Å². The van der Waals surface area contributed by atoms with Gasteiger partial charge in [0.25, 0.3) is 0 Å². The number of aldehydes is 1. The molecule has 32 heavy (non-hydrogen) atoms. The second-order valence-electron chi connectivity index (χ2n) is 6.07. The van der Waals surface area contributed by atoms with Gasteiger partial charge in [-0.2, -0.15) is 0 Å². The molecule has 14 nitrogen and oxygen atoms in total. The first-order valence-electron chi connectivity index (χ1n) is 9.48. The minimum atomic E-state index is -0.825. The number of nitrogens with one attached hydrogen (secondary N) is 4. The minimum absolute atomic E-state index is 0.116. The molecule has 2 amide bonds. The molecule has 1 aromatic heterocycles. The van der Waals surface area contributed by atoms with Crippen LogP contribution in [0.5, 0.6) is 0 Å². The van der Waals surface area contributed by atoms with Crippen LogP contribution in [-0.4, -0.2) is 46.4 Å². The predicted molar refractivity (Wildman–Crippen MR) is 110 cm³/mol. The number of ether oxygens (including phenoxy) is 2. The Bertz CT molecular complexity index is 1010. The molecular formula is C18H22N8O6. The van der Waals surface area contributed by atoms with Crippen molar-refractivity contribution >= 4 is 29.8 Å². The summed E-state index contributed by atoms with van der Waals surface area (Å²) in [6, 6.07) is 4.92. The van der Waals surface area contributed by atoms with Gasteiger partial charge in [-0.25, -0.2) is 35.5 Å². The molecule has 0 aliphatic carbocycles. The van der Waals surface area contributed by atoms with Crippen molar-refractivity contribution in [1.29, 1.82) is 0 Å². The van der Waals surface area contributed by atoms with Crippen LogP contribution >= 0.6 is 0 Å². The Morgan fingerprint density at radius 2 is 1.84 bits per heavy atom. The minimum Gasteiger partial charge on any atom is -0.449 e. The first-order chi connectivity index (χ1) is 15.5. The summed E-state index contributed by atoms with van der Waals surface area (Å²) in [7, 11) is 0. The van der Waals surface area contributed by atoms with Crippen molar-refractivity contribution in [3.05, 3.63) is 48.4 Å². The number of hydrogen-bond donors (Lipinski definition) is 5. The quantitative estimate of drug-likeness (QED) is 0.286. The van der Waals surface area contributed by atoms with E-state index in [2.05, 4.69) is 26.8 Å². The fourth-order valence-electron chi connectivity index (χ4n) is 2.80. The van der Waals surface area contributed by atoms with E-state index in [9.17, 15) is 19.6 Å². The van der Waals surface area contributed by atoms with Crippen LogP contribution in [0, 0.1) is 0 Å². The molecule has 3 rings (SSSR count). The van der Waals surface area contributed by atoms with Gasteiger partial charge in [0.05, 0.1) is 30.9 Å². The number of rotatable bonds is 8. The number of nitrogens with zero attached hydrogens (tertiary/aromatic N) is 4. The lowest BCUT2D eigenvalue weighted by atomic mass is 10.1. The second-order valence-corrected chi connectivity index (χ2v) is 6.07. The number of benzene rings is 1. The summed E-state index contributed by atoms with van der Waals surface area (Å²) >= 11 is 0. The summed E-state index contributed by atoms with van der Waals surface area (Å²) in [6.45, 7) is 3.51. The smallest absolute Gasteiger partial charge is 0.425 e. The Balaban J connectivity index is 1.99. The number of hydrogen-bond acceptors (Lipinski definition) is 11. The molecule has 1 aliphatic heterocycles. The lowest BCUT2D eigenvalue weighted by molar-refractivity contribution is -0.105. The lowest BCUT2D eigenvalue weighted by Crippen LogP contribution is -2.57. The van der Waals surface area contributed by atoms with Crippen molar-refractivity contribution in [1.82, 2.24) is 31.4 Å². The Labute approximate surface area is 182 Å². The summed E-state index contributed by atoms with van der Waals surface area (Å²) in [5, 5.41) is 12.6. The van der Waals surface area contributed by atoms with E-state index in [-0.39, 0.29) is 30.4 Å². The third-order valence-electron chi connectivity index (χ3n) is 4.14. The van der Waals surface area contributed by atoms with Crippen LogP contribution < -0.4 is 31.9 Å². The van der Waals surface area contributed by atoms with Gasteiger partial charge in [0, 0.05) is 18.1 Å². The molecule has 2 heterocycles. The van der Waals surface area contributed by atoms with Gasteiger partial charge < -0.3 is 14.0 Å². The maximum atomic E-state index is 11.8. The highest BCUT2D eigenvalue weighted by Crippen LogP contribution is 2.37. The topological polar surface area (TPSA) is 162 Å². The van der Waals surface area contributed by atoms with E-state index >= 15 is 0 Å². The van der Waals surface area contributed by atoms with Gasteiger partial charge in [-0.1, -0.05) is 0 Å². The number of anilines is 2. The van der Waals surface area contributed by atoms with Crippen LogP contribution in [0.2, 0.25) is 0 Å². The van der Waals surface area contributed by atoms with Gasteiger partial charge in [-0.15, -0.1) is 5.53 Å². The summed E-state index contributed by atoms with van der Waals surface area (Å²) in [5.41, 5.74) is 10.5. The molecule has 0 saturated carbocycles. The fourth-order valence-corrected chi connectivity index (χ4v) is 2.80. The Morgan fingerprint density at radius 3 is 2.47 bits per heavy atom. The van der Waals surface area contributed by atoms with Gasteiger partial charge in [-0.05, 0) is 32.0 Å². The standard InChI is InChI=1S/C18H22N8O6/c1-3-31-17(28)21-20-16-15(10-27)26(30)14-9-12(24-8-7-19-11-24)5-6-13(14)25(16)23-22-18(29)32-4-2/h5-11,20,23,30H,3-4H2,1-2H3,(H,21,28)(H,22,29). The average molecular weight is 446 g/mol. The molecule has 0 saturated heterocycles. The van der Waals surface area contributed by atoms with Crippen molar-refractivity contribution in [2.45, 2.75) is 13.8 Å². The highest BCUT2D eigenvalue weighted by atomic mass is 16.6. The van der Waals surface area contributed by atoms with Crippen molar-refractivity contribution in [2.24, 2.45) is 0 Å². The molecule has 0 bridgehead atoms. The molecule has 0 unspecified atom stereocenters. The highest BCUT2D eigenvalue weighted by Gasteiger charge is 2.32. The van der Waals surface area contributed by atoms with E-state index in [0.717, 1.165) is 0 Å². The van der Waals surface area contributed by atoms with E-state index < -0.39 is 12.2 Å². The zero-order valence-corrected chi connectivity index (χ0v) is 17.2. The van der Waals surface area contributed by atoms with E-state index in [0.29, 0.717) is 22.7 Å². The average Bonchev–Trinajstić information content (AvgIpc) is 3.32. The van der Waals surface area contributed by atoms with Crippen LogP contribution in [-0.2, 0) is 14.3 Å². The Kier molecular flexibility index (Phi) is 7.09. The largest absolute Gasteiger partial charge is 0.449 e. The Morgan fingerprint density at radius 1 is 1.12 bits per heavy atom. The van der Waals surface area contributed by atoms with Crippen LogP contribution in [0.25, 0.3) is 5.69 Å². The van der Waals surface area contributed by atoms with Crippen molar-refractivity contribution in [3.8, 4) is 5.69 Å². The van der Waals surface area contributed by atoms with Crippen LogP contribution in [0.15, 0.2) is 48.4 Å².